The fourth-order valence-electron chi connectivity index (χ4n) is 5.36. The molecule has 0 aliphatic carbocycles. The maximum absolute atomic E-state index is 6.34. The lowest BCUT2D eigenvalue weighted by Crippen LogP contribution is -2.45. The first-order valence-electron chi connectivity index (χ1n) is 15.4. The van der Waals surface area contributed by atoms with E-state index in [0.29, 0.717) is 26.4 Å². The molecule has 2 aliphatic rings. The van der Waals surface area contributed by atoms with E-state index >= 15 is 0 Å². The van der Waals surface area contributed by atoms with Crippen molar-refractivity contribution in [1.29, 1.82) is 0 Å². The predicted molar refractivity (Wildman–Crippen MR) is 182 cm³/mol. The first-order chi connectivity index (χ1) is 21.5. The highest BCUT2D eigenvalue weighted by Gasteiger charge is 2.45. The molecule has 0 bridgehead atoms. The van der Waals surface area contributed by atoms with E-state index in [1.807, 2.05) is 24.3 Å². The van der Waals surface area contributed by atoms with Crippen LogP contribution in [0.1, 0.15) is 52.7 Å². The van der Waals surface area contributed by atoms with Crippen LogP contribution in [-0.2, 0) is 28.9 Å². The van der Waals surface area contributed by atoms with Crippen LogP contribution in [0, 0.1) is 5.41 Å². The summed E-state index contributed by atoms with van der Waals surface area (Å²) in [5, 5.41) is 0. The SMILES string of the molecule is CC(C)(C)c1cc(-c2ccccc2)ccc1OP1OCC2(CO1)COP(Oc1ccc(-c3ccccc3)cc1C(C)(C)C)OC2. The Morgan fingerprint density at radius 3 is 1.18 bits per heavy atom. The van der Waals surface area contributed by atoms with Crippen LogP contribution in [-0.4, -0.2) is 26.4 Å². The Hall–Kier alpha value is -2.82. The first-order valence-corrected chi connectivity index (χ1v) is 17.6. The largest absolute Gasteiger partial charge is 0.426 e. The van der Waals surface area contributed by atoms with Gasteiger partial charge in [-0.25, -0.2) is 0 Å². The van der Waals surface area contributed by atoms with Gasteiger partial charge in [0.1, 0.15) is 11.5 Å². The Morgan fingerprint density at radius 2 is 0.844 bits per heavy atom. The highest BCUT2D eigenvalue weighted by molar-refractivity contribution is 7.42. The highest BCUT2D eigenvalue weighted by atomic mass is 31.2. The summed E-state index contributed by atoms with van der Waals surface area (Å²) in [5.74, 6) is 1.57. The van der Waals surface area contributed by atoms with Gasteiger partial charge < -0.3 is 27.1 Å². The predicted octanol–water partition coefficient (Wildman–Crippen LogP) is 10.6. The minimum absolute atomic E-state index is 0.122. The molecule has 236 valence electrons. The summed E-state index contributed by atoms with van der Waals surface area (Å²) in [6, 6.07) is 33.4. The zero-order chi connectivity index (χ0) is 31.7. The lowest BCUT2D eigenvalue weighted by atomic mass is 9.84. The molecule has 2 fully saturated rings. The van der Waals surface area contributed by atoms with Crippen LogP contribution < -0.4 is 9.05 Å². The van der Waals surface area contributed by atoms with Crippen molar-refractivity contribution < 1.29 is 27.1 Å². The Labute approximate surface area is 270 Å². The summed E-state index contributed by atoms with van der Waals surface area (Å²) in [6.07, 6.45) is 0. The maximum atomic E-state index is 6.34. The number of rotatable bonds is 6. The fraction of sp³-hybridized carbons (Fsp3) is 0.351. The molecule has 2 aliphatic heterocycles. The van der Waals surface area contributed by atoms with Crippen molar-refractivity contribution in [2.24, 2.45) is 5.41 Å². The summed E-state index contributed by atoms with van der Waals surface area (Å²) in [5.41, 5.74) is 6.23. The average Bonchev–Trinajstić information content (AvgIpc) is 3.03. The average molecular weight is 645 g/mol. The maximum Gasteiger partial charge on any atom is 0.397 e. The monoisotopic (exact) mass is 644 g/mol. The van der Waals surface area contributed by atoms with Gasteiger partial charge in [-0.15, -0.1) is 0 Å². The molecule has 6 nitrogen and oxygen atoms in total. The normalized spacial score (nSPS) is 22.3. The van der Waals surface area contributed by atoms with E-state index < -0.39 is 22.6 Å². The van der Waals surface area contributed by atoms with Crippen LogP contribution >= 0.6 is 17.2 Å². The molecule has 6 rings (SSSR count). The fourth-order valence-corrected chi connectivity index (χ4v) is 7.88. The van der Waals surface area contributed by atoms with Crippen LogP contribution in [0.15, 0.2) is 97.1 Å². The third kappa shape index (κ3) is 7.60. The van der Waals surface area contributed by atoms with Crippen molar-refractivity contribution in [3.8, 4) is 33.8 Å². The number of hydrogen-bond donors (Lipinski definition) is 0. The summed E-state index contributed by atoms with van der Waals surface area (Å²) in [6.45, 7) is 14.8. The van der Waals surface area contributed by atoms with Gasteiger partial charge >= 0.3 is 17.2 Å². The summed E-state index contributed by atoms with van der Waals surface area (Å²) in [7, 11) is -3.11. The lowest BCUT2D eigenvalue weighted by molar-refractivity contribution is -0.0673. The number of benzene rings is 4. The van der Waals surface area contributed by atoms with E-state index in [9.17, 15) is 0 Å². The Morgan fingerprint density at radius 1 is 0.489 bits per heavy atom. The van der Waals surface area contributed by atoms with E-state index in [1.165, 1.54) is 11.1 Å². The second kappa shape index (κ2) is 13.1. The van der Waals surface area contributed by atoms with Crippen LogP contribution in [0.3, 0.4) is 0 Å². The van der Waals surface area contributed by atoms with Gasteiger partial charge in [0, 0.05) is 11.1 Å². The quantitative estimate of drug-likeness (QED) is 0.195. The van der Waals surface area contributed by atoms with Crippen molar-refractivity contribution >= 4 is 17.2 Å². The first kappa shape index (κ1) is 32.1. The molecule has 45 heavy (non-hydrogen) atoms. The van der Waals surface area contributed by atoms with Crippen molar-refractivity contribution in [1.82, 2.24) is 0 Å². The zero-order valence-corrected chi connectivity index (χ0v) is 28.7. The van der Waals surface area contributed by atoms with Crippen LogP contribution in [0.4, 0.5) is 0 Å². The Kier molecular flexibility index (Phi) is 9.37. The second-order valence-corrected chi connectivity index (χ2v) is 16.2. The Bertz CT molecular complexity index is 1460. The van der Waals surface area contributed by atoms with Gasteiger partial charge in [0.2, 0.25) is 0 Å². The molecule has 0 atom stereocenters. The van der Waals surface area contributed by atoms with Gasteiger partial charge in [0.05, 0.1) is 31.8 Å². The van der Waals surface area contributed by atoms with Gasteiger partial charge in [0.25, 0.3) is 0 Å². The molecule has 8 heteroatoms. The van der Waals surface area contributed by atoms with Crippen LogP contribution in [0.5, 0.6) is 11.5 Å². The molecule has 0 saturated carbocycles. The number of hydrogen-bond acceptors (Lipinski definition) is 6. The van der Waals surface area contributed by atoms with Gasteiger partial charge in [-0.05, 0) is 57.3 Å². The molecule has 4 aromatic rings. The van der Waals surface area contributed by atoms with Crippen molar-refractivity contribution in [2.45, 2.75) is 52.4 Å². The molecular weight excluding hydrogens is 602 g/mol. The highest BCUT2D eigenvalue weighted by Crippen LogP contribution is 2.54. The molecule has 0 radical (unpaired) electrons. The molecule has 4 aromatic carbocycles. The van der Waals surface area contributed by atoms with Gasteiger partial charge in [-0.1, -0.05) is 114 Å². The third-order valence-corrected chi connectivity index (χ3v) is 10.1. The topological polar surface area (TPSA) is 55.4 Å². The molecule has 0 unspecified atom stereocenters. The minimum atomic E-state index is -1.55. The molecule has 1 spiro atoms. The van der Waals surface area contributed by atoms with Crippen LogP contribution in [0.2, 0.25) is 0 Å². The van der Waals surface area contributed by atoms with E-state index in [0.717, 1.165) is 33.8 Å². The van der Waals surface area contributed by atoms with Crippen molar-refractivity contribution in [2.75, 3.05) is 26.4 Å². The lowest BCUT2D eigenvalue weighted by Gasteiger charge is -2.41. The summed E-state index contributed by atoms with van der Waals surface area (Å²) < 4.78 is 37.3. The molecule has 0 aromatic heterocycles. The molecule has 0 N–H and O–H groups in total. The standard InChI is InChI=1S/C37H42O6P2/c1-35(2,3)31-21-29(27-13-9-7-10-14-27)17-19-33(31)42-44-38-23-37(24-39-44)25-40-45(41-26-37)43-34-20-18-30(22-32(34)36(4,5)6)28-15-11-8-12-16-28/h7-22H,23-26H2,1-6H3. The van der Waals surface area contributed by atoms with Gasteiger partial charge in [-0.3, -0.25) is 0 Å². The minimum Gasteiger partial charge on any atom is -0.426 e. The van der Waals surface area contributed by atoms with Gasteiger partial charge in [0.15, 0.2) is 0 Å². The van der Waals surface area contributed by atoms with E-state index in [-0.39, 0.29) is 10.8 Å². The molecule has 2 heterocycles. The second-order valence-electron chi connectivity index (χ2n) is 13.9. The van der Waals surface area contributed by atoms with Crippen molar-refractivity contribution in [3.05, 3.63) is 108 Å². The smallest absolute Gasteiger partial charge is 0.397 e. The zero-order valence-electron chi connectivity index (χ0n) is 26.9. The summed E-state index contributed by atoms with van der Waals surface area (Å²) >= 11 is 0. The summed E-state index contributed by atoms with van der Waals surface area (Å²) in [4.78, 5) is 0. The molecule has 2 saturated heterocycles. The van der Waals surface area contributed by atoms with E-state index in [4.69, 9.17) is 27.1 Å². The molecular formula is C37H42O6P2. The van der Waals surface area contributed by atoms with Crippen molar-refractivity contribution in [3.63, 3.8) is 0 Å². The van der Waals surface area contributed by atoms with E-state index in [1.54, 1.807) is 0 Å². The third-order valence-electron chi connectivity index (χ3n) is 8.04. The van der Waals surface area contributed by atoms with E-state index in [2.05, 4.69) is 114 Å². The Balaban J connectivity index is 1.07. The molecule has 0 amide bonds. The van der Waals surface area contributed by atoms with Gasteiger partial charge in [-0.2, -0.15) is 0 Å². The van der Waals surface area contributed by atoms with Crippen LogP contribution in [0.25, 0.3) is 22.3 Å².